The van der Waals surface area contributed by atoms with E-state index in [1.807, 2.05) is 0 Å². The Bertz CT molecular complexity index is 179. The molecule has 0 aromatic heterocycles. The molecule has 0 saturated carbocycles. The van der Waals surface area contributed by atoms with E-state index >= 15 is 0 Å². The lowest BCUT2D eigenvalue weighted by Gasteiger charge is -2.37. The molecular weight excluding hydrogens is 184 g/mol. The Morgan fingerprint density at radius 1 is 1.33 bits per heavy atom. The molecule has 0 aromatic carbocycles. The summed E-state index contributed by atoms with van der Waals surface area (Å²) in [7, 11) is 0. The van der Waals surface area contributed by atoms with Crippen molar-refractivity contribution >= 4 is 0 Å². The molecule has 2 nitrogen and oxygen atoms in total. The second-order valence-corrected chi connectivity index (χ2v) is 5.38. The third-order valence-corrected chi connectivity index (χ3v) is 4.08. The van der Waals surface area contributed by atoms with Crippen molar-refractivity contribution in [1.29, 1.82) is 0 Å². The van der Waals surface area contributed by atoms with Crippen molar-refractivity contribution in [3.8, 4) is 0 Å². The van der Waals surface area contributed by atoms with Gasteiger partial charge in [-0.2, -0.15) is 0 Å². The smallest absolute Gasteiger partial charge is 0.0246 e. The number of hydrogen-bond acceptors (Lipinski definition) is 2. The van der Waals surface area contributed by atoms with Crippen LogP contribution in [0, 0.1) is 11.8 Å². The average molecular weight is 212 g/mol. The monoisotopic (exact) mass is 212 g/mol. The van der Waals surface area contributed by atoms with E-state index in [1.54, 1.807) is 0 Å². The highest BCUT2D eigenvalue weighted by Crippen LogP contribution is 2.28. The highest BCUT2D eigenvalue weighted by molar-refractivity contribution is 4.88. The minimum Gasteiger partial charge on any atom is -0.329 e. The molecule has 1 fully saturated rings. The summed E-state index contributed by atoms with van der Waals surface area (Å²) in [5, 5.41) is 0. The molecule has 1 rings (SSSR count). The molecule has 0 aromatic rings. The van der Waals surface area contributed by atoms with Gasteiger partial charge in [-0.25, -0.2) is 0 Å². The predicted molar refractivity (Wildman–Crippen MR) is 66.9 cm³/mol. The lowest BCUT2D eigenvalue weighted by Crippen LogP contribution is -2.48. The van der Waals surface area contributed by atoms with Gasteiger partial charge in [-0.3, -0.25) is 4.90 Å². The maximum absolute atomic E-state index is 5.95. The molecule has 0 radical (unpaired) electrons. The lowest BCUT2D eigenvalue weighted by molar-refractivity contribution is 0.111. The van der Waals surface area contributed by atoms with Gasteiger partial charge in [0.15, 0.2) is 0 Å². The Hall–Kier alpha value is -0.0800. The van der Waals surface area contributed by atoms with Gasteiger partial charge in [0.25, 0.3) is 0 Å². The summed E-state index contributed by atoms with van der Waals surface area (Å²) in [5.74, 6) is 1.50. The van der Waals surface area contributed by atoms with E-state index in [2.05, 4.69) is 32.6 Å². The Labute approximate surface area is 95.2 Å². The molecule has 0 bridgehead atoms. The third kappa shape index (κ3) is 2.94. The van der Waals surface area contributed by atoms with Crippen LogP contribution >= 0.6 is 0 Å². The van der Waals surface area contributed by atoms with Crippen molar-refractivity contribution in [2.24, 2.45) is 17.6 Å². The maximum atomic E-state index is 5.95. The van der Waals surface area contributed by atoms with Gasteiger partial charge in [-0.1, -0.05) is 34.1 Å². The number of hydrogen-bond donors (Lipinski definition) is 1. The molecule has 90 valence electrons. The molecule has 2 N–H and O–H groups in total. The number of likely N-dealkylation sites (tertiary alicyclic amines) is 1. The number of nitrogens with two attached hydrogens (primary N) is 1. The second kappa shape index (κ2) is 5.86. The molecule has 0 spiro atoms. The van der Waals surface area contributed by atoms with E-state index in [9.17, 15) is 0 Å². The van der Waals surface area contributed by atoms with Crippen LogP contribution < -0.4 is 5.73 Å². The van der Waals surface area contributed by atoms with E-state index in [1.165, 1.54) is 25.8 Å². The predicted octanol–water partition coefficient (Wildman–Crippen LogP) is 2.48. The summed E-state index contributed by atoms with van der Waals surface area (Å²) in [5.41, 5.74) is 5.95. The number of rotatable bonds is 5. The molecule has 2 heteroatoms. The summed E-state index contributed by atoms with van der Waals surface area (Å²) < 4.78 is 0. The molecule has 1 heterocycles. The third-order valence-electron chi connectivity index (χ3n) is 4.08. The fraction of sp³-hybridized carbons (Fsp3) is 1.00. The van der Waals surface area contributed by atoms with E-state index in [4.69, 9.17) is 5.73 Å². The Morgan fingerprint density at radius 2 is 2.00 bits per heavy atom. The van der Waals surface area contributed by atoms with E-state index in [0.717, 1.165) is 24.4 Å². The van der Waals surface area contributed by atoms with E-state index in [0.29, 0.717) is 6.04 Å². The SMILES string of the molecule is CCC(C)C(CN)N1CCCC1C(C)C. The van der Waals surface area contributed by atoms with Crippen LogP contribution in [0.1, 0.15) is 47.0 Å². The molecular formula is C13H28N2. The van der Waals surface area contributed by atoms with Crippen LogP contribution in [-0.4, -0.2) is 30.1 Å². The zero-order valence-corrected chi connectivity index (χ0v) is 10.9. The van der Waals surface area contributed by atoms with Gasteiger partial charge in [0.2, 0.25) is 0 Å². The van der Waals surface area contributed by atoms with Gasteiger partial charge >= 0.3 is 0 Å². The molecule has 1 saturated heterocycles. The first-order valence-corrected chi connectivity index (χ1v) is 6.57. The highest BCUT2D eigenvalue weighted by atomic mass is 15.2. The van der Waals surface area contributed by atoms with Crippen molar-refractivity contribution in [1.82, 2.24) is 4.90 Å². The van der Waals surface area contributed by atoms with Crippen LogP contribution in [0.4, 0.5) is 0 Å². The maximum Gasteiger partial charge on any atom is 0.0246 e. The largest absolute Gasteiger partial charge is 0.329 e. The van der Waals surface area contributed by atoms with Crippen LogP contribution in [-0.2, 0) is 0 Å². The second-order valence-electron chi connectivity index (χ2n) is 5.38. The molecule has 15 heavy (non-hydrogen) atoms. The topological polar surface area (TPSA) is 29.3 Å². The first-order chi connectivity index (χ1) is 7.11. The molecule has 1 aliphatic rings. The van der Waals surface area contributed by atoms with Crippen molar-refractivity contribution in [2.45, 2.75) is 59.0 Å². The molecule has 0 aliphatic carbocycles. The van der Waals surface area contributed by atoms with Crippen LogP contribution in [0.5, 0.6) is 0 Å². The van der Waals surface area contributed by atoms with Gasteiger partial charge in [0.05, 0.1) is 0 Å². The zero-order valence-electron chi connectivity index (χ0n) is 10.9. The minimum atomic E-state index is 0.602. The van der Waals surface area contributed by atoms with Gasteiger partial charge in [0, 0.05) is 18.6 Å². The van der Waals surface area contributed by atoms with Gasteiger partial charge < -0.3 is 5.73 Å². The number of nitrogens with zero attached hydrogens (tertiary/aromatic N) is 1. The van der Waals surface area contributed by atoms with Gasteiger partial charge in [0.1, 0.15) is 0 Å². The summed E-state index contributed by atoms with van der Waals surface area (Å²) in [4.78, 5) is 2.68. The summed E-state index contributed by atoms with van der Waals surface area (Å²) >= 11 is 0. The zero-order chi connectivity index (χ0) is 11.4. The quantitative estimate of drug-likeness (QED) is 0.758. The van der Waals surface area contributed by atoms with Crippen LogP contribution in [0.3, 0.4) is 0 Å². The van der Waals surface area contributed by atoms with Gasteiger partial charge in [-0.15, -0.1) is 0 Å². The first kappa shape index (κ1) is 13.0. The van der Waals surface area contributed by atoms with Crippen molar-refractivity contribution in [3.05, 3.63) is 0 Å². The molecule has 0 amide bonds. The van der Waals surface area contributed by atoms with Crippen molar-refractivity contribution in [3.63, 3.8) is 0 Å². The fourth-order valence-electron chi connectivity index (χ4n) is 2.91. The van der Waals surface area contributed by atoms with Crippen LogP contribution in [0.2, 0.25) is 0 Å². The molecule has 3 unspecified atom stereocenters. The lowest BCUT2D eigenvalue weighted by atomic mass is 9.94. The van der Waals surface area contributed by atoms with E-state index in [-0.39, 0.29) is 0 Å². The summed E-state index contributed by atoms with van der Waals surface area (Å²) in [6.07, 6.45) is 3.96. The first-order valence-electron chi connectivity index (χ1n) is 6.57. The van der Waals surface area contributed by atoms with Crippen molar-refractivity contribution < 1.29 is 0 Å². The molecule has 1 aliphatic heterocycles. The normalized spacial score (nSPS) is 27.2. The summed E-state index contributed by atoms with van der Waals surface area (Å²) in [6.45, 7) is 11.4. The minimum absolute atomic E-state index is 0.602. The van der Waals surface area contributed by atoms with Crippen LogP contribution in [0.25, 0.3) is 0 Å². The van der Waals surface area contributed by atoms with Crippen molar-refractivity contribution in [2.75, 3.05) is 13.1 Å². The van der Waals surface area contributed by atoms with Gasteiger partial charge in [-0.05, 0) is 31.2 Å². The standard InChI is InChI=1S/C13H28N2/c1-5-11(4)13(9-14)15-8-6-7-12(15)10(2)3/h10-13H,5-9,14H2,1-4H3. The summed E-state index contributed by atoms with van der Waals surface area (Å²) in [6, 6.07) is 1.37. The average Bonchev–Trinajstić information content (AvgIpc) is 2.67. The highest BCUT2D eigenvalue weighted by Gasteiger charge is 2.33. The van der Waals surface area contributed by atoms with Crippen LogP contribution in [0.15, 0.2) is 0 Å². The fourth-order valence-corrected chi connectivity index (χ4v) is 2.91. The molecule has 3 atom stereocenters. The Balaban J connectivity index is 2.66. The Morgan fingerprint density at radius 3 is 2.47 bits per heavy atom. The Kier molecular flexibility index (Phi) is 5.07. The van der Waals surface area contributed by atoms with E-state index < -0.39 is 0 Å².